The SMILES string of the molecule is C[C@H]1CCCCN1c1nc(N)cc(=O)[nH]1. The van der Waals surface area contributed by atoms with Crippen LogP contribution in [-0.2, 0) is 0 Å². The molecule has 15 heavy (non-hydrogen) atoms. The lowest BCUT2D eigenvalue weighted by Crippen LogP contribution is -2.39. The van der Waals surface area contributed by atoms with Gasteiger partial charge in [-0.05, 0) is 26.2 Å². The average molecular weight is 208 g/mol. The van der Waals surface area contributed by atoms with E-state index in [1.54, 1.807) is 0 Å². The van der Waals surface area contributed by atoms with Crippen LogP contribution in [0.1, 0.15) is 26.2 Å². The zero-order chi connectivity index (χ0) is 10.8. The number of piperidine rings is 1. The van der Waals surface area contributed by atoms with Crippen molar-refractivity contribution < 1.29 is 0 Å². The zero-order valence-corrected chi connectivity index (χ0v) is 8.86. The Morgan fingerprint density at radius 2 is 2.40 bits per heavy atom. The van der Waals surface area contributed by atoms with Gasteiger partial charge in [-0.15, -0.1) is 0 Å². The van der Waals surface area contributed by atoms with Gasteiger partial charge >= 0.3 is 0 Å². The Balaban J connectivity index is 2.31. The summed E-state index contributed by atoms with van der Waals surface area (Å²) in [4.78, 5) is 20.3. The van der Waals surface area contributed by atoms with Gasteiger partial charge in [-0.2, -0.15) is 4.98 Å². The smallest absolute Gasteiger partial charge is 0.254 e. The average Bonchev–Trinajstić information content (AvgIpc) is 2.16. The number of nitrogens with zero attached hydrogens (tertiary/aromatic N) is 2. The summed E-state index contributed by atoms with van der Waals surface area (Å²) in [5.74, 6) is 0.888. The molecule has 3 N–H and O–H groups in total. The summed E-state index contributed by atoms with van der Waals surface area (Å²) in [5, 5.41) is 0. The van der Waals surface area contributed by atoms with Gasteiger partial charge in [0.05, 0.1) is 0 Å². The molecule has 0 saturated carbocycles. The minimum Gasteiger partial charge on any atom is -0.383 e. The first-order valence-corrected chi connectivity index (χ1v) is 5.30. The van der Waals surface area contributed by atoms with Crippen LogP contribution in [0.15, 0.2) is 10.9 Å². The molecule has 0 unspecified atom stereocenters. The van der Waals surface area contributed by atoms with Gasteiger partial charge in [0.1, 0.15) is 5.82 Å². The minimum atomic E-state index is -0.185. The van der Waals surface area contributed by atoms with Gasteiger partial charge < -0.3 is 10.6 Å². The first kappa shape index (κ1) is 10.0. The number of hydrogen-bond acceptors (Lipinski definition) is 4. The van der Waals surface area contributed by atoms with Crippen LogP contribution < -0.4 is 16.2 Å². The Bertz CT molecular complexity index is 401. The summed E-state index contributed by atoms with van der Waals surface area (Å²) >= 11 is 0. The zero-order valence-electron chi connectivity index (χ0n) is 8.86. The van der Waals surface area contributed by atoms with Crippen LogP contribution in [-0.4, -0.2) is 22.6 Å². The van der Waals surface area contributed by atoms with Crippen molar-refractivity contribution in [1.29, 1.82) is 0 Å². The molecule has 2 rings (SSSR count). The maximum atomic E-state index is 11.3. The van der Waals surface area contributed by atoms with Crippen molar-refractivity contribution in [2.45, 2.75) is 32.2 Å². The first-order chi connectivity index (χ1) is 7.16. The molecule has 0 aliphatic carbocycles. The quantitative estimate of drug-likeness (QED) is 0.713. The van der Waals surface area contributed by atoms with Crippen molar-refractivity contribution in [3.63, 3.8) is 0 Å². The number of aromatic amines is 1. The number of rotatable bonds is 1. The maximum Gasteiger partial charge on any atom is 0.254 e. The van der Waals surface area contributed by atoms with Crippen LogP contribution in [0.2, 0.25) is 0 Å². The molecule has 5 nitrogen and oxygen atoms in total. The van der Waals surface area contributed by atoms with Crippen molar-refractivity contribution in [1.82, 2.24) is 9.97 Å². The molecule has 1 aromatic heterocycles. The van der Waals surface area contributed by atoms with E-state index < -0.39 is 0 Å². The molecule has 1 saturated heterocycles. The Labute approximate surface area is 88.3 Å². The lowest BCUT2D eigenvalue weighted by molar-refractivity contribution is 0.477. The number of nitrogen functional groups attached to an aromatic ring is 1. The number of H-pyrrole nitrogens is 1. The maximum absolute atomic E-state index is 11.3. The van der Waals surface area contributed by atoms with Crippen molar-refractivity contribution in [2.75, 3.05) is 17.2 Å². The highest BCUT2D eigenvalue weighted by molar-refractivity contribution is 5.38. The van der Waals surface area contributed by atoms with Gasteiger partial charge in [0.2, 0.25) is 5.95 Å². The van der Waals surface area contributed by atoms with E-state index >= 15 is 0 Å². The molecule has 0 bridgehead atoms. The van der Waals surface area contributed by atoms with Crippen LogP contribution >= 0.6 is 0 Å². The molecule has 1 atom stereocenters. The Morgan fingerprint density at radius 3 is 3.07 bits per heavy atom. The van der Waals surface area contributed by atoms with Crippen molar-refractivity contribution >= 4 is 11.8 Å². The third kappa shape index (κ3) is 2.11. The van der Waals surface area contributed by atoms with Crippen LogP contribution in [0.3, 0.4) is 0 Å². The van der Waals surface area contributed by atoms with E-state index in [4.69, 9.17) is 5.73 Å². The fourth-order valence-corrected chi connectivity index (χ4v) is 2.01. The third-order valence-corrected chi connectivity index (χ3v) is 2.82. The highest BCUT2D eigenvalue weighted by Crippen LogP contribution is 2.20. The summed E-state index contributed by atoms with van der Waals surface area (Å²) < 4.78 is 0. The fourth-order valence-electron chi connectivity index (χ4n) is 2.01. The predicted molar refractivity (Wildman–Crippen MR) is 59.9 cm³/mol. The molecule has 5 heteroatoms. The van der Waals surface area contributed by atoms with E-state index in [1.807, 2.05) is 0 Å². The summed E-state index contributed by atoms with van der Waals surface area (Å²) in [6, 6.07) is 1.72. The Morgan fingerprint density at radius 1 is 1.60 bits per heavy atom. The van der Waals surface area contributed by atoms with Crippen LogP contribution in [0.4, 0.5) is 11.8 Å². The van der Waals surface area contributed by atoms with Gasteiger partial charge in [-0.1, -0.05) is 0 Å². The molecule has 0 spiro atoms. The standard InChI is InChI=1S/C10H16N4O/c1-7-4-2-3-5-14(7)10-12-8(11)6-9(15)13-10/h6-7H,2-5H2,1H3,(H3,11,12,13,15)/t7-/m0/s1. The number of nitrogens with one attached hydrogen (secondary N) is 1. The molecule has 1 aliphatic heterocycles. The highest BCUT2D eigenvalue weighted by Gasteiger charge is 2.20. The Kier molecular flexibility index (Phi) is 2.62. The molecule has 2 heterocycles. The second-order valence-electron chi connectivity index (χ2n) is 4.03. The molecule has 1 fully saturated rings. The summed E-state index contributed by atoms with van der Waals surface area (Å²) in [6.45, 7) is 3.08. The lowest BCUT2D eigenvalue weighted by Gasteiger charge is -2.33. The number of nitrogens with two attached hydrogens (primary N) is 1. The van der Waals surface area contributed by atoms with Crippen LogP contribution in [0.25, 0.3) is 0 Å². The third-order valence-electron chi connectivity index (χ3n) is 2.82. The van der Waals surface area contributed by atoms with E-state index in [0.29, 0.717) is 12.0 Å². The van der Waals surface area contributed by atoms with Crippen molar-refractivity contribution in [2.24, 2.45) is 0 Å². The molecule has 1 aliphatic rings. The molecule has 0 aromatic carbocycles. The summed E-state index contributed by atoms with van der Waals surface area (Å²) in [5.41, 5.74) is 5.37. The molecule has 82 valence electrons. The van der Waals surface area contributed by atoms with E-state index in [9.17, 15) is 4.79 Å². The number of aromatic nitrogens is 2. The van der Waals surface area contributed by atoms with E-state index in [2.05, 4.69) is 21.8 Å². The van der Waals surface area contributed by atoms with Crippen molar-refractivity contribution in [3.05, 3.63) is 16.4 Å². The van der Waals surface area contributed by atoms with Gasteiger partial charge in [0, 0.05) is 18.7 Å². The fraction of sp³-hybridized carbons (Fsp3) is 0.600. The summed E-state index contributed by atoms with van der Waals surface area (Å²) in [6.07, 6.45) is 3.52. The van der Waals surface area contributed by atoms with Gasteiger partial charge in [0.15, 0.2) is 0 Å². The second-order valence-corrected chi connectivity index (χ2v) is 4.03. The van der Waals surface area contributed by atoms with E-state index in [1.165, 1.54) is 12.5 Å². The first-order valence-electron chi connectivity index (χ1n) is 5.30. The largest absolute Gasteiger partial charge is 0.383 e. The molecule has 0 amide bonds. The minimum absolute atomic E-state index is 0.185. The number of anilines is 2. The van der Waals surface area contributed by atoms with Gasteiger partial charge in [-0.3, -0.25) is 9.78 Å². The summed E-state index contributed by atoms with van der Waals surface area (Å²) in [7, 11) is 0. The topological polar surface area (TPSA) is 75.0 Å². The molecular weight excluding hydrogens is 192 g/mol. The van der Waals surface area contributed by atoms with Gasteiger partial charge in [-0.25, -0.2) is 0 Å². The van der Waals surface area contributed by atoms with Gasteiger partial charge in [0.25, 0.3) is 5.56 Å². The molecule has 0 radical (unpaired) electrons. The lowest BCUT2D eigenvalue weighted by atomic mass is 10.0. The van der Waals surface area contributed by atoms with Crippen LogP contribution in [0, 0.1) is 0 Å². The Hall–Kier alpha value is -1.52. The van der Waals surface area contributed by atoms with E-state index in [0.717, 1.165) is 19.4 Å². The monoisotopic (exact) mass is 208 g/mol. The van der Waals surface area contributed by atoms with Crippen LogP contribution in [0.5, 0.6) is 0 Å². The second kappa shape index (κ2) is 3.92. The molecular formula is C10H16N4O. The van der Waals surface area contributed by atoms with E-state index in [-0.39, 0.29) is 11.4 Å². The normalized spacial score (nSPS) is 21.7. The predicted octanol–water partition coefficient (Wildman–Crippen LogP) is 0.731. The van der Waals surface area contributed by atoms with Crippen molar-refractivity contribution in [3.8, 4) is 0 Å². The highest BCUT2D eigenvalue weighted by atomic mass is 16.1. The molecule has 1 aromatic rings. The number of hydrogen-bond donors (Lipinski definition) is 2.